The van der Waals surface area contributed by atoms with Gasteiger partial charge >= 0.3 is 0 Å². The van der Waals surface area contributed by atoms with E-state index in [1.54, 1.807) is 25.4 Å². The van der Waals surface area contributed by atoms with Gasteiger partial charge in [0.05, 0.1) is 25.4 Å². The summed E-state index contributed by atoms with van der Waals surface area (Å²) >= 11 is 16.7. The van der Waals surface area contributed by atoms with Crippen molar-refractivity contribution in [3.8, 4) is 0 Å². The Kier molecular flexibility index (Phi) is 5.14. The number of hydrogen-bond donors (Lipinski definition) is 0. The van der Waals surface area contributed by atoms with Crippen LogP contribution in [0.1, 0.15) is 25.7 Å². The Morgan fingerprint density at radius 3 is 1.50 bits per heavy atom. The van der Waals surface area contributed by atoms with Crippen molar-refractivity contribution in [2.24, 2.45) is 0 Å². The zero-order chi connectivity index (χ0) is 14.5. The van der Waals surface area contributed by atoms with Gasteiger partial charge in [-0.25, -0.2) is 0 Å². The molecule has 0 N–H and O–H groups in total. The van der Waals surface area contributed by atoms with Crippen molar-refractivity contribution in [2.75, 3.05) is 11.5 Å². The lowest BCUT2D eigenvalue weighted by Crippen LogP contribution is -2.26. The van der Waals surface area contributed by atoms with Crippen molar-refractivity contribution in [1.82, 2.24) is 0 Å². The highest BCUT2D eigenvalue weighted by Crippen LogP contribution is 2.69. The predicted molar refractivity (Wildman–Crippen MR) is 118 cm³/mol. The van der Waals surface area contributed by atoms with Crippen molar-refractivity contribution in [1.29, 1.82) is 0 Å². The summed E-state index contributed by atoms with van der Waals surface area (Å²) in [5.74, 6) is 2.56. The molecule has 0 aromatic heterocycles. The molecule has 1 saturated carbocycles. The number of rotatable bonds is 0. The number of hydrogen-bond acceptors (Lipinski definition) is 8. The molecule has 0 bridgehead atoms. The fourth-order valence-electron chi connectivity index (χ4n) is 2.91. The Bertz CT molecular complexity index is 556. The Labute approximate surface area is 165 Å². The lowest BCUT2D eigenvalue weighted by Gasteiger charge is -2.34. The maximum atomic E-state index is 2.20. The first-order valence-electron chi connectivity index (χ1n) is 7.40. The SMILES string of the molecule is C1CC[C@H]2SC3=C(SC(=C4SC5=C(SCCS5)S4)S3)S[C@H]2C1. The van der Waals surface area contributed by atoms with Gasteiger partial charge < -0.3 is 0 Å². The van der Waals surface area contributed by atoms with Crippen LogP contribution in [0.25, 0.3) is 0 Å². The largest absolute Gasteiger partial charge is 0.116 e. The molecule has 0 nitrogen and oxygen atoms in total. The molecule has 1 aliphatic carbocycles. The average Bonchev–Trinajstić information content (AvgIpc) is 3.15. The summed E-state index contributed by atoms with van der Waals surface area (Å²) in [7, 11) is 0. The minimum Gasteiger partial charge on any atom is -0.116 e. The normalized spacial score (nSPS) is 34.9. The monoisotopic (exact) mass is 438 g/mol. The zero-order valence-electron chi connectivity index (χ0n) is 11.7. The molecule has 0 spiro atoms. The van der Waals surface area contributed by atoms with Crippen molar-refractivity contribution in [2.45, 2.75) is 36.2 Å². The smallest absolute Gasteiger partial charge is 0.0717 e. The molecule has 5 aliphatic rings. The second-order valence-corrected chi connectivity index (χ2v) is 15.8. The van der Waals surface area contributed by atoms with E-state index in [1.807, 2.05) is 23.5 Å². The van der Waals surface area contributed by atoms with Crippen LogP contribution in [0, 0.1) is 0 Å². The van der Waals surface area contributed by atoms with Gasteiger partial charge in [0, 0.05) is 22.0 Å². The molecule has 4 heterocycles. The van der Waals surface area contributed by atoms with Crippen LogP contribution in [0.4, 0.5) is 0 Å². The van der Waals surface area contributed by atoms with Gasteiger partial charge in [0.15, 0.2) is 0 Å². The van der Waals surface area contributed by atoms with Gasteiger partial charge in [-0.3, -0.25) is 0 Å². The van der Waals surface area contributed by atoms with Crippen LogP contribution in [0.2, 0.25) is 0 Å². The van der Waals surface area contributed by atoms with E-state index in [1.165, 1.54) is 37.2 Å². The molecule has 5 rings (SSSR count). The third kappa shape index (κ3) is 3.10. The highest BCUT2D eigenvalue weighted by molar-refractivity contribution is 8.45. The molecular formula is C14H14S8. The van der Waals surface area contributed by atoms with Crippen LogP contribution in [0.15, 0.2) is 25.4 Å². The predicted octanol–water partition coefficient (Wildman–Crippen LogP) is 7.60. The average molecular weight is 439 g/mol. The molecular weight excluding hydrogens is 425 g/mol. The molecule has 4 aliphatic heterocycles. The van der Waals surface area contributed by atoms with Gasteiger partial charge in [0.2, 0.25) is 0 Å². The summed E-state index contributed by atoms with van der Waals surface area (Å²) in [4.78, 5) is 0. The molecule has 8 heteroatoms. The highest BCUT2D eigenvalue weighted by Gasteiger charge is 2.39. The van der Waals surface area contributed by atoms with Crippen LogP contribution >= 0.6 is 94.1 Å². The van der Waals surface area contributed by atoms with Crippen LogP contribution in [0.3, 0.4) is 0 Å². The molecule has 0 radical (unpaired) electrons. The first-order chi connectivity index (χ1) is 10.9. The molecule has 0 saturated heterocycles. The second kappa shape index (κ2) is 6.97. The highest BCUT2D eigenvalue weighted by atomic mass is 32.3. The molecule has 0 amide bonds. The van der Waals surface area contributed by atoms with Crippen molar-refractivity contribution >= 4 is 94.1 Å². The van der Waals surface area contributed by atoms with E-state index in [0.29, 0.717) is 0 Å². The van der Waals surface area contributed by atoms with Crippen LogP contribution < -0.4 is 0 Å². The van der Waals surface area contributed by atoms with Gasteiger partial charge in [-0.05, 0) is 12.8 Å². The molecule has 22 heavy (non-hydrogen) atoms. The zero-order valence-corrected chi connectivity index (χ0v) is 18.2. The lowest BCUT2D eigenvalue weighted by atomic mass is 10.00. The van der Waals surface area contributed by atoms with Gasteiger partial charge in [-0.15, -0.1) is 47.0 Å². The van der Waals surface area contributed by atoms with E-state index in [-0.39, 0.29) is 0 Å². The Hall–Kier alpha value is 2.02. The van der Waals surface area contributed by atoms with Crippen molar-refractivity contribution in [3.63, 3.8) is 0 Å². The van der Waals surface area contributed by atoms with Gasteiger partial charge in [0.25, 0.3) is 0 Å². The van der Waals surface area contributed by atoms with E-state index in [9.17, 15) is 0 Å². The van der Waals surface area contributed by atoms with E-state index in [0.717, 1.165) is 10.5 Å². The fourth-order valence-corrected chi connectivity index (χ4v) is 16.1. The number of thioether (sulfide) groups is 8. The van der Waals surface area contributed by atoms with Crippen LogP contribution in [-0.2, 0) is 0 Å². The van der Waals surface area contributed by atoms with Crippen molar-refractivity contribution < 1.29 is 0 Å². The summed E-state index contributed by atoms with van der Waals surface area (Å²) in [6.07, 6.45) is 5.76. The van der Waals surface area contributed by atoms with Crippen LogP contribution in [0.5, 0.6) is 0 Å². The standard InChI is InChI=1S/C14H14S8/c1-2-4-8-7(3-1)17-11-12(18-8)22-14(21-11)13-19-9-10(20-13)16-6-5-15-9/h7-8H,1-6H2/t7-,8+. The lowest BCUT2D eigenvalue weighted by molar-refractivity contribution is 0.528. The molecule has 0 aromatic carbocycles. The maximum absolute atomic E-state index is 2.20. The Morgan fingerprint density at radius 1 is 0.545 bits per heavy atom. The Balaban J connectivity index is 1.34. The summed E-state index contributed by atoms with van der Waals surface area (Å²) in [6.45, 7) is 0. The van der Waals surface area contributed by atoms with E-state index >= 15 is 0 Å². The quantitative estimate of drug-likeness (QED) is 0.374. The molecule has 118 valence electrons. The molecule has 0 aromatic rings. The summed E-state index contributed by atoms with van der Waals surface area (Å²) in [5, 5.41) is 1.77. The second-order valence-electron chi connectivity index (χ2n) is 5.43. The summed E-state index contributed by atoms with van der Waals surface area (Å²) < 4.78 is 9.50. The molecule has 1 fully saturated rings. The fraction of sp³-hybridized carbons (Fsp3) is 0.571. The topological polar surface area (TPSA) is 0 Å². The summed E-state index contributed by atoms with van der Waals surface area (Å²) in [5.41, 5.74) is 0. The molecule has 0 unspecified atom stereocenters. The minimum atomic E-state index is 0.885. The van der Waals surface area contributed by atoms with E-state index < -0.39 is 0 Å². The van der Waals surface area contributed by atoms with Gasteiger partial charge in [-0.2, -0.15) is 0 Å². The molecule has 2 atom stereocenters. The number of fused-ring (bicyclic) bond motifs is 1. The van der Waals surface area contributed by atoms with E-state index in [2.05, 4.69) is 70.6 Å². The third-order valence-corrected chi connectivity index (χ3v) is 16.7. The van der Waals surface area contributed by atoms with Gasteiger partial charge in [-0.1, -0.05) is 59.9 Å². The summed E-state index contributed by atoms with van der Waals surface area (Å²) in [6, 6.07) is 0. The third-order valence-electron chi connectivity index (χ3n) is 3.95. The van der Waals surface area contributed by atoms with Crippen molar-refractivity contribution in [3.05, 3.63) is 25.4 Å². The van der Waals surface area contributed by atoms with Gasteiger partial charge in [0.1, 0.15) is 0 Å². The van der Waals surface area contributed by atoms with E-state index in [4.69, 9.17) is 0 Å². The Morgan fingerprint density at radius 2 is 1.00 bits per heavy atom. The first-order valence-corrected chi connectivity index (χ1v) is 14.4. The maximum Gasteiger partial charge on any atom is 0.0717 e. The first kappa shape index (κ1) is 16.2. The van der Waals surface area contributed by atoms with Crippen LogP contribution in [-0.4, -0.2) is 22.0 Å². The minimum absolute atomic E-state index is 0.885.